The van der Waals surface area contributed by atoms with Crippen LogP contribution in [-0.2, 0) is 16.6 Å². The van der Waals surface area contributed by atoms with Crippen molar-refractivity contribution >= 4 is 26.0 Å². The standard InChI is InChI=1S/C7H8BrNO3S/c8-6-3-5(4-10)1-2-7(6)13(9,11)12/h1-3,10H,4H2,(H2,9,11,12). The predicted octanol–water partition coefficient (Wildman–Crippen LogP) is 0.589. The Morgan fingerprint density at radius 2 is 2.08 bits per heavy atom. The van der Waals surface area contributed by atoms with E-state index >= 15 is 0 Å². The van der Waals surface area contributed by atoms with Gasteiger partial charge in [0.15, 0.2) is 0 Å². The molecule has 0 fully saturated rings. The molecule has 0 amide bonds. The number of hydrogen-bond donors (Lipinski definition) is 2. The first-order valence-electron chi connectivity index (χ1n) is 3.37. The van der Waals surface area contributed by atoms with Gasteiger partial charge in [-0.1, -0.05) is 6.07 Å². The van der Waals surface area contributed by atoms with Gasteiger partial charge in [0.1, 0.15) is 0 Å². The zero-order valence-electron chi connectivity index (χ0n) is 6.57. The molecule has 0 bridgehead atoms. The molecule has 0 saturated heterocycles. The van der Waals surface area contributed by atoms with E-state index in [9.17, 15) is 8.42 Å². The van der Waals surface area contributed by atoms with Crippen LogP contribution in [0.15, 0.2) is 27.6 Å². The van der Waals surface area contributed by atoms with Crippen LogP contribution >= 0.6 is 15.9 Å². The fraction of sp³-hybridized carbons (Fsp3) is 0.143. The molecule has 0 spiro atoms. The summed E-state index contributed by atoms with van der Waals surface area (Å²) in [6.45, 7) is -0.135. The van der Waals surface area contributed by atoms with Crippen molar-refractivity contribution in [3.8, 4) is 0 Å². The fourth-order valence-corrected chi connectivity index (χ4v) is 2.56. The molecule has 0 unspecified atom stereocenters. The fourth-order valence-electron chi connectivity index (χ4n) is 0.873. The Kier molecular flexibility index (Phi) is 3.07. The summed E-state index contributed by atoms with van der Waals surface area (Å²) in [5.74, 6) is 0. The van der Waals surface area contributed by atoms with E-state index in [4.69, 9.17) is 10.2 Å². The highest BCUT2D eigenvalue weighted by molar-refractivity contribution is 9.10. The Hall–Kier alpha value is -0.430. The number of nitrogens with two attached hydrogens (primary N) is 1. The van der Waals surface area contributed by atoms with E-state index < -0.39 is 10.0 Å². The van der Waals surface area contributed by atoms with Gasteiger partial charge >= 0.3 is 0 Å². The molecule has 0 atom stereocenters. The highest BCUT2D eigenvalue weighted by Crippen LogP contribution is 2.21. The summed E-state index contributed by atoms with van der Waals surface area (Å²) in [4.78, 5) is 0.0182. The molecule has 4 nitrogen and oxygen atoms in total. The minimum absolute atomic E-state index is 0.0182. The SMILES string of the molecule is NS(=O)(=O)c1ccc(CO)cc1Br. The zero-order valence-corrected chi connectivity index (χ0v) is 8.97. The summed E-state index contributed by atoms with van der Waals surface area (Å²) in [5.41, 5.74) is 0.624. The molecule has 0 aliphatic rings. The first-order valence-corrected chi connectivity index (χ1v) is 5.71. The van der Waals surface area contributed by atoms with Crippen LogP contribution < -0.4 is 5.14 Å². The van der Waals surface area contributed by atoms with Crippen LogP contribution in [0.3, 0.4) is 0 Å². The molecule has 13 heavy (non-hydrogen) atoms. The molecular weight excluding hydrogens is 258 g/mol. The lowest BCUT2D eigenvalue weighted by Crippen LogP contribution is -2.12. The van der Waals surface area contributed by atoms with Gasteiger partial charge in [0.25, 0.3) is 0 Å². The third-order valence-corrected chi connectivity index (χ3v) is 3.37. The Labute approximate surface area is 84.6 Å². The molecule has 1 aromatic carbocycles. The Morgan fingerprint density at radius 1 is 1.46 bits per heavy atom. The Balaban J connectivity index is 3.29. The lowest BCUT2D eigenvalue weighted by atomic mass is 10.2. The summed E-state index contributed by atoms with van der Waals surface area (Å²) in [7, 11) is -3.69. The summed E-state index contributed by atoms with van der Waals surface area (Å²) >= 11 is 3.05. The quantitative estimate of drug-likeness (QED) is 0.822. The summed E-state index contributed by atoms with van der Waals surface area (Å²) < 4.78 is 22.2. The lowest BCUT2D eigenvalue weighted by Gasteiger charge is -2.02. The van der Waals surface area contributed by atoms with Gasteiger partial charge in [-0.3, -0.25) is 0 Å². The molecule has 1 rings (SSSR count). The number of halogens is 1. The van der Waals surface area contributed by atoms with E-state index in [1.807, 2.05) is 0 Å². The van der Waals surface area contributed by atoms with Gasteiger partial charge in [0, 0.05) is 4.47 Å². The molecule has 0 heterocycles. The molecule has 3 N–H and O–H groups in total. The van der Waals surface area contributed by atoms with Crippen LogP contribution in [0.4, 0.5) is 0 Å². The van der Waals surface area contributed by atoms with E-state index in [1.165, 1.54) is 18.2 Å². The van der Waals surface area contributed by atoms with E-state index in [2.05, 4.69) is 15.9 Å². The first kappa shape index (κ1) is 10.6. The number of primary sulfonamides is 1. The molecular formula is C7H8BrNO3S. The van der Waals surface area contributed by atoms with Crippen molar-refractivity contribution in [2.24, 2.45) is 5.14 Å². The highest BCUT2D eigenvalue weighted by atomic mass is 79.9. The summed E-state index contributed by atoms with van der Waals surface area (Å²) in [5, 5.41) is 13.7. The molecule has 1 aromatic rings. The second-order valence-electron chi connectivity index (χ2n) is 2.47. The Bertz CT molecular complexity index is 416. The molecule has 0 aliphatic heterocycles. The smallest absolute Gasteiger partial charge is 0.239 e. The normalized spacial score (nSPS) is 11.6. The van der Waals surface area contributed by atoms with E-state index in [0.717, 1.165) is 0 Å². The first-order chi connectivity index (χ1) is 5.95. The second kappa shape index (κ2) is 3.75. The average Bonchev–Trinajstić information content (AvgIpc) is 2.01. The molecule has 0 aromatic heterocycles. The topological polar surface area (TPSA) is 80.4 Å². The maximum Gasteiger partial charge on any atom is 0.239 e. The van der Waals surface area contributed by atoms with Crippen LogP contribution in [-0.4, -0.2) is 13.5 Å². The number of hydrogen-bond acceptors (Lipinski definition) is 3. The molecule has 72 valence electrons. The average molecular weight is 266 g/mol. The molecule has 6 heteroatoms. The second-order valence-corrected chi connectivity index (χ2v) is 4.85. The minimum atomic E-state index is -3.69. The third kappa shape index (κ3) is 2.50. The summed E-state index contributed by atoms with van der Waals surface area (Å²) in [6.07, 6.45) is 0. The summed E-state index contributed by atoms with van der Waals surface area (Å²) in [6, 6.07) is 4.37. The minimum Gasteiger partial charge on any atom is -0.392 e. The maximum absolute atomic E-state index is 10.9. The zero-order chi connectivity index (χ0) is 10.1. The Morgan fingerprint density at radius 3 is 2.46 bits per heavy atom. The van der Waals surface area contributed by atoms with Gasteiger partial charge in [-0.25, -0.2) is 13.6 Å². The number of aliphatic hydroxyl groups excluding tert-OH is 1. The van der Waals surface area contributed by atoms with Crippen molar-refractivity contribution < 1.29 is 13.5 Å². The number of aliphatic hydroxyl groups is 1. The van der Waals surface area contributed by atoms with Gasteiger partial charge < -0.3 is 5.11 Å². The van der Waals surface area contributed by atoms with Crippen LogP contribution in [0.1, 0.15) is 5.56 Å². The van der Waals surface area contributed by atoms with Crippen LogP contribution in [0.5, 0.6) is 0 Å². The van der Waals surface area contributed by atoms with Gasteiger partial charge in [-0.15, -0.1) is 0 Å². The molecule has 0 radical (unpaired) electrons. The lowest BCUT2D eigenvalue weighted by molar-refractivity contribution is 0.281. The van der Waals surface area contributed by atoms with Gasteiger partial charge in [-0.05, 0) is 33.6 Å². The van der Waals surface area contributed by atoms with Gasteiger partial charge in [-0.2, -0.15) is 0 Å². The number of benzene rings is 1. The van der Waals surface area contributed by atoms with Crippen molar-refractivity contribution in [3.05, 3.63) is 28.2 Å². The van der Waals surface area contributed by atoms with E-state index in [-0.39, 0.29) is 11.5 Å². The van der Waals surface area contributed by atoms with E-state index in [0.29, 0.717) is 10.0 Å². The van der Waals surface area contributed by atoms with Crippen LogP contribution in [0.25, 0.3) is 0 Å². The number of rotatable bonds is 2. The number of sulfonamides is 1. The van der Waals surface area contributed by atoms with Gasteiger partial charge in [0.2, 0.25) is 10.0 Å². The van der Waals surface area contributed by atoms with Crippen molar-refractivity contribution in [1.29, 1.82) is 0 Å². The van der Waals surface area contributed by atoms with Crippen molar-refractivity contribution in [3.63, 3.8) is 0 Å². The molecule has 0 saturated carbocycles. The monoisotopic (exact) mass is 265 g/mol. The van der Waals surface area contributed by atoms with Crippen LogP contribution in [0.2, 0.25) is 0 Å². The molecule has 0 aliphatic carbocycles. The third-order valence-electron chi connectivity index (χ3n) is 1.49. The largest absolute Gasteiger partial charge is 0.392 e. The van der Waals surface area contributed by atoms with Crippen molar-refractivity contribution in [2.45, 2.75) is 11.5 Å². The predicted molar refractivity (Wildman–Crippen MR) is 51.4 cm³/mol. The van der Waals surface area contributed by atoms with E-state index in [1.54, 1.807) is 0 Å². The highest BCUT2D eigenvalue weighted by Gasteiger charge is 2.11. The van der Waals surface area contributed by atoms with Crippen molar-refractivity contribution in [2.75, 3.05) is 0 Å². The maximum atomic E-state index is 10.9. The van der Waals surface area contributed by atoms with Crippen LogP contribution in [0, 0.1) is 0 Å². The van der Waals surface area contributed by atoms with Crippen molar-refractivity contribution in [1.82, 2.24) is 0 Å². The van der Waals surface area contributed by atoms with Gasteiger partial charge in [0.05, 0.1) is 11.5 Å².